The van der Waals surface area contributed by atoms with Gasteiger partial charge in [0.25, 0.3) is 0 Å². The van der Waals surface area contributed by atoms with E-state index in [1.807, 2.05) is 38.1 Å². The van der Waals surface area contributed by atoms with Crippen molar-refractivity contribution in [3.8, 4) is 0 Å². The highest BCUT2D eigenvalue weighted by Gasteiger charge is 2.17. The molecule has 0 aliphatic rings. The lowest BCUT2D eigenvalue weighted by Crippen LogP contribution is -2.22. The van der Waals surface area contributed by atoms with Crippen LogP contribution in [0.3, 0.4) is 0 Å². The molecule has 0 heterocycles. The van der Waals surface area contributed by atoms with Crippen LogP contribution in [0.25, 0.3) is 0 Å². The number of aryl methyl sites for hydroxylation is 1. The first kappa shape index (κ1) is 18.4. The molecule has 0 bridgehead atoms. The summed E-state index contributed by atoms with van der Waals surface area (Å²) < 4.78 is 4.67. The van der Waals surface area contributed by atoms with Gasteiger partial charge in [0, 0.05) is 4.90 Å². The van der Waals surface area contributed by atoms with Crippen molar-refractivity contribution in [1.29, 1.82) is 0 Å². The number of thioether (sulfide) groups is 1. The molecule has 2 aromatic rings. The van der Waals surface area contributed by atoms with Crippen molar-refractivity contribution in [2.45, 2.75) is 24.0 Å². The van der Waals surface area contributed by atoms with Crippen LogP contribution in [-0.2, 0) is 9.53 Å². The second-order valence-corrected chi connectivity index (χ2v) is 7.07. The number of anilines is 1. The molecule has 0 aliphatic heterocycles. The SMILES string of the molecule is COC(=O)c1ccc(Cl)c(NC(=O)[C@H](C)Sc2ccc(C)cc2)c1. The largest absolute Gasteiger partial charge is 0.465 e. The van der Waals surface area contributed by atoms with Crippen molar-refractivity contribution in [2.75, 3.05) is 12.4 Å². The molecule has 4 nitrogen and oxygen atoms in total. The fraction of sp³-hybridized carbons (Fsp3) is 0.222. The minimum Gasteiger partial charge on any atom is -0.465 e. The average molecular weight is 364 g/mol. The molecule has 0 saturated heterocycles. The van der Waals surface area contributed by atoms with Gasteiger partial charge in [0.15, 0.2) is 0 Å². The van der Waals surface area contributed by atoms with Gasteiger partial charge >= 0.3 is 5.97 Å². The van der Waals surface area contributed by atoms with Gasteiger partial charge in [-0.25, -0.2) is 4.79 Å². The predicted octanol–water partition coefficient (Wildman–Crippen LogP) is 4.55. The summed E-state index contributed by atoms with van der Waals surface area (Å²) in [7, 11) is 1.30. The van der Waals surface area contributed by atoms with E-state index in [0.29, 0.717) is 16.3 Å². The van der Waals surface area contributed by atoms with Crippen LogP contribution >= 0.6 is 23.4 Å². The Morgan fingerprint density at radius 2 is 1.83 bits per heavy atom. The highest BCUT2D eigenvalue weighted by molar-refractivity contribution is 8.00. The van der Waals surface area contributed by atoms with Crippen LogP contribution in [0.4, 0.5) is 5.69 Å². The molecular weight excluding hydrogens is 346 g/mol. The zero-order valence-corrected chi connectivity index (χ0v) is 15.2. The van der Waals surface area contributed by atoms with Crippen molar-refractivity contribution >= 4 is 40.9 Å². The second-order valence-electron chi connectivity index (χ2n) is 5.25. The molecule has 24 heavy (non-hydrogen) atoms. The number of carbonyl (C=O) groups excluding carboxylic acids is 2. The summed E-state index contributed by atoms with van der Waals surface area (Å²) in [4.78, 5) is 25.0. The number of amides is 1. The van der Waals surface area contributed by atoms with Gasteiger partial charge in [-0.05, 0) is 44.2 Å². The Hall–Kier alpha value is -1.98. The quantitative estimate of drug-likeness (QED) is 0.625. The summed E-state index contributed by atoms with van der Waals surface area (Å²) in [5.74, 6) is -0.672. The van der Waals surface area contributed by atoms with Crippen LogP contribution in [0, 0.1) is 6.92 Å². The lowest BCUT2D eigenvalue weighted by atomic mass is 10.2. The number of rotatable bonds is 5. The Bertz CT molecular complexity index is 746. The minimum atomic E-state index is -0.482. The van der Waals surface area contributed by atoms with E-state index in [1.165, 1.54) is 30.5 Å². The average Bonchev–Trinajstić information content (AvgIpc) is 2.58. The summed E-state index contributed by atoms with van der Waals surface area (Å²) in [5, 5.41) is 2.81. The number of ether oxygens (including phenoxy) is 1. The van der Waals surface area contributed by atoms with Gasteiger partial charge in [-0.15, -0.1) is 11.8 Å². The van der Waals surface area contributed by atoms with Crippen molar-refractivity contribution in [1.82, 2.24) is 0 Å². The lowest BCUT2D eigenvalue weighted by molar-refractivity contribution is -0.115. The molecule has 1 atom stereocenters. The van der Waals surface area contributed by atoms with Crippen molar-refractivity contribution in [3.63, 3.8) is 0 Å². The highest BCUT2D eigenvalue weighted by atomic mass is 35.5. The summed E-state index contributed by atoms with van der Waals surface area (Å²) in [6.45, 7) is 3.83. The third-order valence-corrected chi connectivity index (χ3v) is 4.79. The van der Waals surface area contributed by atoms with E-state index in [4.69, 9.17) is 11.6 Å². The van der Waals surface area contributed by atoms with E-state index >= 15 is 0 Å². The van der Waals surface area contributed by atoms with Crippen LogP contribution in [0.2, 0.25) is 5.02 Å². The molecule has 1 amide bonds. The lowest BCUT2D eigenvalue weighted by Gasteiger charge is -2.14. The number of carbonyl (C=O) groups is 2. The molecule has 0 radical (unpaired) electrons. The molecular formula is C18H18ClNO3S. The zero-order valence-electron chi connectivity index (χ0n) is 13.6. The molecule has 0 spiro atoms. The summed E-state index contributed by atoms with van der Waals surface area (Å²) in [5.41, 5.74) is 1.89. The van der Waals surface area contributed by atoms with Crippen molar-refractivity contribution < 1.29 is 14.3 Å². The maximum absolute atomic E-state index is 12.4. The summed E-state index contributed by atoms with van der Waals surface area (Å²) in [6, 6.07) is 12.6. The first-order chi connectivity index (χ1) is 11.4. The van der Waals surface area contributed by atoms with Crippen LogP contribution in [0.5, 0.6) is 0 Å². The molecule has 0 unspecified atom stereocenters. The molecule has 0 aliphatic carbocycles. The fourth-order valence-corrected chi connectivity index (χ4v) is 3.01. The van der Waals surface area contributed by atoms with Gasteiger partial charge in [0.1, 0.15) is 0 Å². The molecule has 0 fully saturated rings. The topological polar surface area (TPSA) is 55.4 Å². The molecule has 0 aromatic heterocycles. The maximum atomic E-state index is 12.4. The number of methoxy groups -OCH3 is 1. The van der Waals surface area contributed by atoms with E-state index in [2.05, 4.69) is 10.1 Å². The Kier molecular flexibility index (Phi) is 6.29. The Balaban J connectivity index is 2.08. The Labute approximate surface area is 150 Å². The Morgan fingerprint density at radius 1 is 1.17 bits per heavy atom. The fourth-order valence-electron chi connectivity index (χ4n) is 1.97. The van der Waals surface area contributed by atoms with Crippen LogP contribution in [-0.4, -0.2) is 24.2 Å². The third-order valence-electron chi connectivity index (χ3n) is 3.35. The number of hydrogen-bond donors (Lipinski definition) is 1. The number of hydrogen-bond acceptors (Lipinski definition) is 4. The molecule has 2 aromatic carbocycles. The van der Waals surface area contributed by atoms with Gasteiger partial charge in [0.2, 0.25) is 5.91 Å². The third kappa shape index (κ3) is 4.76. The van der Waals surface area contributed by atoms with Crippen LogP contribution in [0.1, 0.15) is 22.8 Å². The van der Waals surface area contributed by atoms with Crippen molar-refractivity contribution in [3.05, 3.63) is 58.6 Å². The summed E-state index contributed by atoms with van der Waals surface area (Å²) in [6.07, 6.45) is 0. The molecule has 126 valence electrons. The highest BCUT2D eigenvalue weighted by Crippen LogP contribution is 2.27. The predicted molar refractivity (Wildman–Crippen MR) is 97.9 cm³/mol. The number of halogens is 1. The van der Waals surface area contributed by atoms with Gasteiger partial charge < -0.3 is 10.1 Å². The summed E-state index contributed by atoms with van der Waals surface area (Å²) >= 11 is 7.55. The second kappa shape index (κ2) is 8.22. The molecule has 6 heteroatoms. The van der Waals surface area contributed by atoms with Crippen LogP contribution < -0.4 is 5.32 Å². The van der Waals surface area contributed by atoms with E-state index < -0.39 is 5.97 Å². The smallest absolute Gasteiger partial charge is 0.337 e. The van der Waals surface area contributed by atoms with E-state index in [9.17, 15) is 9.59 Å². The van der Waals surface area contributed by atoms with E-state index in [0.717, 1.165) is 4.90 Å². The number of nitrogens with one attached hydrogen (secondary N) is 1. The molecule has 2 rings (SSSR count). The van der Waals surface area contributed by atoms with Gasteiger partial charge in [0.05, 0.1) is 28.6 Å². The zero-order chi connectivity index (χ0) is 17.7. The standard InChI is InChI=1S/C18H18ClNO3S/c1-11-4-7-14(8-5-11)24-12(2)17(21)20-16-10-13(18(22)23-3)6-9-15(16)19/h4-10,12H,1-3H3,(H,20,21)/t12-/m0/s1. The van der Waals surface area contributed by atoms with E-state index in [1.54, 1.807) is 12.1 Å². The van der Waals surface area contributed by atoms with Crippen molar-refractivity contribution in [2.24, 2.45) is 0 Å². The maximum Gasteiger partial charge on any atom is 0.337 e. The minimum absolute atomic E-state index is 0.190. The van der Waals surface area contributed by atoms with Gasteiger partial charge in [-0.2, -0.15) is 0 Å². The molecule has 1 N–H and O–H groups in total. The van der Waals surface area contributed by atoms with E-state index in [-0.39, 0.29) is 11.2 Å². The van der Waals surface area contributed by atoms with Gasteiger partial charge in [-0.3, -0.25) is 4.79 Å². The number of esters is 1. The Morgan fingerprint density at radius 3 is 2.46 bits per heavy atom. The molecule has 0 saturated carbocycles. The monoisotopic (exact) mass is 363 g/mol. The first-order valence-corrected chi connectivity index (χ1v) is 8.58. The van der Waals surface area contributed by atoms with Crippen LogP contribution in [0.15, 0.2) is 47.4 Å². The van der Waals surface area contributed by atoms with Gasteiger partial charge in [-0.1, -0.05) is 29.3 Å². The normalized spacial score (nSPS) is 11.7. The first-order valence-electron chi connectivity index (χ1n) is 7.32. The number of benzene rings is 2.